The lowest BCUT2D eigenvalue weighted by Crippen LogP contribution is -2.30. The highest BCUT2D eigenvalue weighted by molar-refractivity contribution is 5.53. The molecule has 0 amide bonds. The van der Waals surface area contributed by atoms with Gasteiger partial charge in [0.05, 0.1) is 0 Å². The summed E-state index contributed by atoms with van der Waals surface area (Å²) < 4.78 is 13.2. The maximum atomic E-state index is 13.2. The Morgan fingerprint density at radius 2 is 2.18 bits per heavy atom. The fourth-order valence-electron chi connectivity index (χ4n) is 2.42. The summed E-state index contributed by atoms with van der Waals surface area (Å²) in [5.74, 6) is 0.670. The number of hydrogen-bond donors (Lipinski definition) is 1. The fraction of sp³-hybridized carbons (Fsp3) is 0.571. The summed E-state index contributed by atoms with van der Waals surface area (Å²) in [4.78, 5) is 2.26. The van der Waals surface area contributed by atoms with Crippen molar-refractivity contribution in [3.8, 4) is 0 Å². The molecule has 0 unspecified atom stereocenters. The summed E-state index contributed by atoms with van der Waals surface area (Å²) in [6, 6.07) is 5.07. The first-order valence-electron chi connectivity index (χ1n) is 6.35. The Labute approximate surface area is 103 Å². The smallest absolute Gasteiger partial charge is 0.123 e. The third-order valence-corrected chi connectivity index (χ3v) is 3.58. The minimum Gasteiger partial charge on any atom is -0.374 e. The number of benzene rings is 1. The molecule has 3 heteroatoms. The van der Waals surface area contributed by atoms with E-state index in [1.54, 1.807) is 12.1 Å². The van der Waals surface area contributed by atoms with Crippen LogP contribution in [0.25, 0.3) is 0 Å². The molecule has 1 aromatic carbocycles. The van der Waals surface area contributed by atoms with E-state index in [9.17, 15) is 4.39 Å². The van der Waals surface area contributed by atoms with Crippen molar-refractivity contribution in [2.45, 2.75) is 25.8 Å². The number of anilines is 1. The predicted molar refractivity (Wildman–Crippen MR) is 69.8 cm³/mol. The zero-order chi connectivity index (χ0) is 12.3. The van der Waals surface area contributed by atoms with Crippen LogP contribution in [0, 0.1) is 11.7 Å². The van der Waals surface area contributed by atoms with Crippen molar-refractivity contribution in [2.24, 2.45) is 5.92 Å². The maximum absolute atomic E-state index is 13.2. The first-order chi connectivity index (χ1) is 8.20. The lowest BCUT2D eigenvalue weighted by atomic mass is 9.85. The monoisotopic (exact) mass is 236 g/mol. The summed E-state index contributed by atoms with van der Waals surface area (Å²) in [5, 5.41) is 3.09. The number of nitrogens with one attached hydrogen (secondary N) is 1. The molecule has 0 radical (unpaired) electrons. The molecule has 2 nitrogen and oxygen atoms in total. The van der Waals surface area contributed by atoms with E-state index in [2.05, 4.69) is 17.3 Å². The molecular weight excluding hydrogens is 215 g/mol. The Hall–Kier alpha value is -1.09. The van der Waals surface area contributed by atoms with Crippen LogP contribution in [0.1, 0.15) is 24.8 Å². The van der Waals surface area contributed by atoms with E-state index in [0.717, 1.165) is 23.7 Å². The van der Waals surface area contributed by atoms with Crippen molar-refractivity contribution in [1.82, 2.24) is 5.32 Å². The molecule has 0 atom stereocenters. The Kier molecular flexibility index (Phi) is 4.00. The third-order valence-electron chi connectivity index (χ3n) is 3.58. The standard InChI is InChI=1S/C14H21FN2/c1-16-9-12-8-13(15)6-7-14(12)17(2)10-11-4-3-5-11/h6-8,11,16H,3-5,9-10H2,1-2H3. The summed E-state index contributed by atoms with van der Waals surface area (Å²) >= 11 is 0. The van der Waals surface area contributed by atoms with Crippen molar-refractivity contribution >= 4 is 5.69 Å². The molecule has 0 spiro atoms. The van der Waals surface area contributed by atoms with E-state index < -0.39 is 0 Å². The SMILES string of the molecule is CNCc1cc(F)ccc1N(C)CC1CCC1. The van der Waals surface area contributed by atoms with Gasteiger partial charge in [-0.15, -0.1) is 0 Å². The zero-order valence-electron chi connectivity index (χ0n) is 10.7. The van der Waals surface area contributed by atoms with Gasteiger partial charge in [-0.25, -0.2) is 4.39 Å². The molecule has 1 saturated carbocycles. The Bertz CT molecular complexity index is 374. The molecule has 1 aliphatic carbocycles. The minimum atomic E-state index is -0.156. The topological polar surface area (TPSA) is 15.3 Å². The summed E-state index contributed by atoms with van der Waals surface area (Å²) in [7, 11) is 3.99. The van der Waals surface area contributed by atoms with Gasteiger partial charge in [-0.05, 0) is 49.6 Å². The molecule has 94 valence electrons. The van der Waals surface area contributed by atoms with Gasteiger partial charge < -0.3 is 10.2 Å². The molecule has 2 rings (SSSR count). The van der Waals surface area contributed by atoms with Gasteiger partial charge in [-0.2, -0.15) is 0 Å². The number of nitrogens with zero attached hydrogens (tertiary/aromatic N) is 1. The zero-order valence-corrected chi connectivity index (χ0v) is 10.7. The van der Waals surface area contributed by atoms with Gasteiger partial charge >= 0.3 is 0 Å². The van der Waals surface area contributed by atoms with Crippen molar-refractivity contribution in [2.75, 3.05) is 25.5 Å². The minimum absolute atomic E-state index is 0.156. The van der Waals surface area contributed by atoms with Crippen LogP contribution in [0.4, 0.5) is 10.1 Å². The third kappa shape index (κ3) is 2.97. The van der Waals surface area contributed by atoms with Gasteiger partial charge in [-0.3, -0.25) is 0 Å². The van der Waals surface area contributed by atoms with E-state index in [1.165, 1.54) is 19.3 Å². The summed E-state index contributed by atoms with van der Waals surface area (Å²) in [6.45, 7) is 1.80. The second-order valence-corrected chi connectivity index (χ2v) is 4.98. The second-order valence-electron chi connectivity index (χ2n) is 4.98. The van der Waals surface area contributed by atoms with Gasteiger partial charge in [0.1, 0.15) is 5.82 Å². The van der Waals surface area contributed by atoms with Crippen LogP contribution >= 0.6 is 0 Å². The van der Waals surface area contributed by atoms with Crippen LogP contribution in [-0.2, 0) is 6.54 Å². The number of hydrogen-bond acceptors (Lipinski definition) is 2. The lowest BCUT2D eigenvalue weighted by molar-refractivity contribution is 0.321. The Morgan fingerprint density at radius 3 is 2.76 bits per heavy atom. The molecule has 1 aromatic rings. The molecule has 1 aliphatic rings. The maximum Gasteiger partial charge on any atom is 0.123 e. The highest BCUT2D eigenvalue weighted by Gasteiger charge is 2.20. The largest absolute Gasteiger partial charge is 0.374 e. The summed E-state index contributed by atoms with van der Waals surface area (Å²) in [5.41, 5.74) is 2.18. The van der Waals surface area contributed by atoms with Gasteiger partial charge in [0.25, 0.3) is 0 Å². The quantitative estimate of drug-likeness (QED) is 0.845. The first-order valence-corrected chi connectivity index (χ1v) is 6.35. The molecule has 0 heterocycles. The van der Waals surface area contributed by atoms with Gasteiger partial charge in [0, 0.05) is 25.8 Å². The molecule has 0 bridgehead atoms. The van der Waals surface area contributed by atoms with Gasteiger partial charge in [0.15, 0.2) is 0 Å². The van der Waals surface area contributed by atoms with E-state index in [0.29, 0.717) is 6.54 Å². The Morgan fingerprint density at radius 1 is 1.41 bits per heavy atom. The van der Waals surface area contributed by atoms with Crippen molar-refractivity contribution < 1.29 is 4.39 Å². The molecule has 0 saturated heterocycles. The number of rotatable bonds is 5. The first kappa shape index (κ1) is 12.4. The Balaban J connectivity index is 2.11. The van der Waals surface area contributed by atoms with Crippen molar-refractivity contribution in [1.29, 1.82) is 0 Å². The highest BCUT2D eigenvalue weighted by atomic mass is 19.1. The van der Waals surface area contributed by atoms with Crippen LogP contribution < -0.4 is 10.2 Å². The lowest BCUT2D eigenvalue weighted by Gasteiger charge is -2.32. The van der Waals surface area contributed by atoms with Crippen molar-refractivity contribution in [3.63, 3.8) is 0 Å². The highest BCUT2D eigenvalue weighted by Crippen LogP contribution is 2.29. The molecule has 1 fully saturated rings. The van der Waals surface area contributed by atoms with E-state index in [4.69, 9.17) is 0 Å². The molecule has 17 heavy (non-hydrogen) atoms. The normalized spacial score (nSPS) is 15.7. The van der Waals surface area contributed by atoms with Gasteiger partial charge in [-0.1, -0.05) is 6.42 Å². The second kappa shape index (κ2) is 5.50. The summed E-state index contributed by atoms with van der Waals surface area (Å²) in [6.07, 6.45) is 4.05. The van der Waals surface area contributed by atoms with E-state index in [1.807, 2.05) is 13.1 Å². The van der Waals surface area contributed by atoms with E-state index in [-0.39, 0.29) is 5.82 Å². The molecule has 0 aromatic heterocycles. The van der Waals surface area contributed by atoms with Gasteiger partial charge in [0.2, 0.25) is 0 Å². The fourth-order valence-corrected chi connectivity index (χ4v) is 2.42. The average molecular weight is 236 g/mol. The van der Waals surface area contributed by atoms with Crippen LogP contribution in [0.15, 0.2) is 18.2 Å². The van der Waals surface area contributed by atoms with Crippen LogP contribution in [0.5, 0.6) is 0 Å². The van der Waals surface area contributed by atoms with Crippen LogP contribution in [0.2, 0.25) is 0 Å². The van der Waals surface area contributed by atoms with Crippen LogP contribution in [0.3, 0.4) is 0 Å². The number of halogens is 1. The molecule has 1 N–H and O–H groups in total. The van der Waals surface area contributed by atoms with Crippen molar-refractivity contribution in [3.05, 3.63) is 29.6 Å². The molecule has 0 aliphatic heterocycles. The van der Waals surface area contributed by atoms with E-state index >= 15 is 0 Å². The molecular formula is C14H21FN2. The van der Waals surface area contributed by atoms with Crippen LogP contribution in [-0.4, -0.2) is 20.6 Å². The predicted octanol–water partition coefficient (Wildman–Crippen LogP) is 2.78. The average Bonchev–Trinajstić information content (AvgIpc) is 2.24.